The van der Waals surface area contributed by atoms with Crippen LogP contribution in [0.25, 0.3) is 11.6 Å². The monoisotopic (exact) mass is 341 g/mol. The van der Waals surface area contributed by atoms with Crippen molar-refractivity contribution >= 4 is 11.9 Å². The number of para-hydroxylation sites is 2. The lowest BCUT2D eigenvalue weighted by Crippen LogP contribution is -2.46. The number of anilines is 1. The highest BCUT2D eigenvalue weighted by Crippen LogP contribution is 2.33. The molecule has 25 heavy (non-hydrogen) atoms. The van der Waals surface area contributed by atoms with Crippen LogP contribution in [-0.4, -0.2) is 38.1 Å². The number of aryl methyl sites for hydroxylation is 1. The first-order chi connectivity index (χ1) is 12.1. The number of hydrogen-bond acceptors (Lipinski definition) is 7. The van der Waals surface area contributed by atoms with Gasteiger partial charge >= 0.3 is 6.01 Å². The summed E-state index contributed by atoms with van der Waals surface area (Å²) in [5.74, 6) is 0.906. The van der Waals surface area contributed by atoms with Gasteiger partial charge in [-0.15, -0.1) is 5.10 Å². The van der Waals surface area contributed by atoms with Crippen LogP contribution in [-0.2, 0) is 11.8 Å². The molecule has 3 aromatic rings. The molecule has 4 rings (SSSR count). The number of fused-ring (bicyclic) bond motifs is 1. The Morgan fingerprint density at radius 1 is 1.16 bits per heavy atom. The quantitative estimate of drug-likeness (QED) is 0.772. The van der Waals surface area contributed by atoms with Crippen molar-refractivity contribution < 1.29 is 18.7 Å². The third-order valence-electron chi connectivity index (χ3n) is 3.69. The van der Waals surface area contributed by atoms with E-state index >= 15 is 0 Å². The maximum absolute atomic E-state index is 12.5. The zero-order valence-electron chi connectivity index (χ0n) is 13.5. The van der Waals surface area contributed by atoms with Gasteiger partial charge in [0.1, 0.15) is 11.8 Å². The van der Waals surface area contributed by atoms with Crippen LogP contribution in [0.1, 0.15) is 6.92 Å². The average molecular weight is 341 g/mol. The predicted molar refractivity (Wildman–Crippen MR) is 86.1 cm³/mol. The second-order valence-electron chi connectivity index (χ2n) is 5.58. The van der Waals surface area contributed by atoms with Gasteiger partial charge in [-0.25, -0.2) is 0 Å². The van der Waals surface area contributed by atoms with Gasteiger partial charge in [0.15, 0.2) is 11.5 Å². The molecule has 0 saturated carbocycles. The normalized spacial score (nSPS) is 18.8. The number of hydrogen-bond donors (Lipinski definition) is 1. The number of aromatic nitrogens is 4. The molecule has 0 fully saturated rings. The Bertz CT molecular complexity index is 919. The fraction of sp³-hybridized carbons (Fsp3) is 0.250. The highest BCUT2D eigenvalue weighted by atomic mass is 16.6. The summed E-state index contributed by atoms with van der Waals surface area (Å²) in [7, 11) is 1.78. The van der Waals surface area contributed by atoms with Crippen molar-refractivity contribution in [3.63, 3.8) is 0 Å². The van der Waals surface area contributed by atoms with Crippen LogP contribution in [0.4, 0.5) is 6.01 Å². The molecule has 0 radical (unpaired) electrons. The van der Waals surface area contributed by atoms with Crippen molar-refractivity contribution in [1.82, 2.24) is 20.0 Å². The maximum Gasteiger partial charge on any atom is 0.322 e. The molecule has 2 unspecified atom stereocenters. The number of rotatable bonds is 3. The number of carbonyl (C=O) groups is 1. The summed E-state index contributed by atoms with van der Waals surface area (Å²) in [5.41, 5.74) is 0.523. The molecule has 3 heterocycles. The van der Waals surface area contributed by atoms with E-state index in [4.69, 9.17) is 13.9 Å². The van der Waals surface area contributed by atoms with Crippen LogP contribution in [0.3, 0.4) is 0 Å². The summed E-state index contributed by atoms with van der Waals surface area (Å²) in [6.45, 7) is 1.76. The Kier molecular flexibility index (Phi) is 3.60. The number of nitrogens with zero attached hydrogens (tertiary/aromatic N) is 4. The highest BCUT2D eigenvalue weighted by Gasteiger charge is 2.34. The lowest BCUT2D eigenvalue weighted by atomic mass is 10.1. The smallest absolute Gasteiger partial charge is 0.322 e. The van der Waals surface area contributed by atoms with E-state index in [-0.39, 0.29) is 11.9 Å². The van der Waals surface area contributed by atoms with Gasteiger partial charge in [-0.1, -0.05) is 17.2 Å². The van der Waals surface area contributed by atoms with Crippen LogP contribution in [0, 0.1) is 0 Å². The minimum Gasteiger partial charge on any atom is -0.482 e. The molecule has 0 spiro atoms. The van der Waals surface area contributed by atoms with Gasteiger partial charge in [0.05, 0.1) is 0 Å². The van der Waals surface area contributed by atoms with Crippen molar-refractivity contribution in [3.8, 4) is 23.1 Å². The number of benzene rings is 1. The average Bonchev–Trinajstić information content (AvgIpc) is 3.23. The summed E-state index contributed by atoms with van der Waals surface area (Å²) in [5, 5.41) is 14.4. The van der Waals surface area contributed by atoms with Gasteiger partial charge in [-0.05, 0) is 25.1 Å². The van der Waals surface area contributed by atoms with E-state index in [0.29, 0.717) is 17.2 Å². The first kappa shape index (κ1) is 15.2. The first-order valence-electron chi connectivity index (χ1n) is 7.67. The van der Waals surface area contributed by atoms with Gasteiger partial charge in [-0.2, -0.15) is 5.10 Å². The minimum absolute atomic E-state index is 0.0275. The van der Waals surface area contributed by atoms with Gasteiger partial charge in [-0.3, -0.25) is 14.8 Å². The molecule has 1 aliphatic rings. The van der Waals surface area contributed by atoms with Crippen molar-refractivity contribution in [2.75, 3.05) is 5.32 Å². The largest absolute Gasteiger partial charge is 0.482 e. The second-order valence-corrected chi connectivity index (χ2v) is 5.58. The molecule has 2 aromatic heterocycles. The van der Waals surface area contributed by atoms with E-state index < -0.39 is 18.1 Å². The molecule has 1 aromatic carbocycles. The van der Waals surface area contributed by atoms with Gasteiger partial charge in [0.2, 0.25) is 6.10 Å². The van der Waals surface area contributed by atoms with Crippen molar-refractivity contribution in [2.24, 2.45) is 7.05 Å². The SMILES string of the molecule is CC1Oc2ccccc2OC1C(=O)Nc1nnc(-c2ccn(C)n2)o1. The lowest BCUT2D eigenvalue weighted by molar-refractivity contribution is -0.128. The summed E-state index contributed by atoms with van der Waals surface area (Å²) < 4.78 is 18.5. The molecule has 1 aliphatic heterocycles. The Morgan fingerprint density at radius 2 is 1.92 bits per heavy atom. The number of carbonyl (C=O) groups excluding carboxylic acids is 1. The predicted octanol–water partition coefficient (Wildman–Crippen LogP) is 1.64. The maximum atomic E-state index is 12.5. The first-order valence-corrected chi connectivity index (χ1v) is 7.67. The number of nitrogens with one attached hydrogen (secondary N) is 1. The van der Waals surface area contributed by atoms with E-state index in [0.717, 1.165) is 0 Å². The third-order valence-corrected chi connectivity index (χ3v) is 3.69. The summed E-state index contributed by atoms with van der Waals surface area (Å²) in [6.07, 6.45) is 0.456. The lowest BCUT2D eigenvalue weighted by Gasteiger charge is -2.30. The van der Waals surface area contributed by atoms with E-state index in [9.17, 15) is 4.79 Å². The fourth-order valence-electron chi connectivity index (χ4n) is 2.49. The third kappa shape index (κ3) is 2.91. The summed E-state index contributed by atoms with van der Waals surface area (Å²) >= 11 is 0. The Hall–Kier alpha value is -3.36. The Morgan fingerprint density at radius 3 is 2.64 bits per heavy atom. The molecule has 1 amide bonds. The molecular formula is C16H15N5O4. The standard InChI is InChI=1S/C16H15N5O4/c1-9-13(24-12-6-4-3-5-11(12)23-9)14(22)17-16-19-18-15(25-16)10-7-8-21(2)20-10/h3-9,13H,1-2H3,(H,17,19,22). The zero-order chi connectivity index (χ0) is 17.4. The molecule has 0 saturated heterocycles. The van der Waals surface area contributed by atoms with Crippen LogP contribution in [0.15, 0.2) is 40.9 Å². The molecule has 1 N–H and O–H groups in total. The van der Waals surface area contributed by atoms with Gasteiger partial charge in [0.25, 0.3) is 11.8 Å². The molecule has 0 bridgehead atoms. The topological polar surface area (TPSA) is 104 Å². The summed E-state index contributed by atoms with van der Waals surface area (Å²) in [4.78, 5) is 12.5. The number of amides is 1. The molecule has 9 heteroatoms. The molecular weight excluding hydrogens is 326 g/mol. The van der Waals surface area contributed by atoms with Crippen LogP contribution in [0.2, 0.25) is 0 Å². The molecule has 0 aliphatic carbocycles. The fourth-order valence-corrected chi connectivity index (χ4v) is 2.49. The highest BCUT2D eigenvalue weighted by molar-refractivity contribution is 5.93. The van der Waals surface area contributed by atoms with Crippen LogP contribution in [0.5, 0.6) is 11.5 Å². The Balaban J connectivity index is 1.48. The van der Waals surface area contributed by atoms with E-state index in [1.165, 1.54) is 0 Å². The molecule has 9 nitrogen and oxygen atoms in total. The molecule has 128 valence electrons. The van der Waals surface area contributed by atoms with Crippen molar-refractivity contribution in [1.29, 1.82) is 0 Å². The Labute approximate surface area is 142 Å². The van der Waals surface area contributed by atoms with E-state index in [2.05, 4.69) is 20.6 Å². The summed E-state index contributed by atoms with van der Waals surface area (Å²) in [6, 6.07) is 8.89. The van der Waals surface area contributed by atoms with Gasteiger partial charge in [0, 0.05) is 13.2 Å². The minimum atomic E-state index is -0.833. The van der Waals surface area contributed by atoms with Gasteiger partial charge < -0.3 is 13.9 Å². The van der Waals surface area contributed by atoms with Crippen LogP contribution >= 0.6 is 0 Å². The number of ether oxygens (including phenoxy) is 2. The second kappa shape index (κ2) is 5.93. The van der Waals surface area contributed by atoms with E-state index in [1.54, 1.807) is 43.0 Å². The van der Waals surface area contributed by atoms with Crippen molar-refractivity contribution in [3.05, 3.63) is 36.5 Å². The molecule has 2 atom stereocenters. The zero-order valence-corrected chi connectivity index (χ0v) is 13.5. The van der Waals surface area contributed by atoms with E-state index in [1.807, 2.05) is 12.1 Å². The van der Waals surface area contributed by atoms with Crippen LogP contribution < -0.4 is 14.8 Å². The van der Waals surface area contributed by atoms with Crippen molar-refractivity contribution in [2.45, 2.75) is 19.1 Å².